The maximum Gasteiger partial charge on any atom is 0.308 e. The molecule has 3 nitrogen and oxygen atoms in total. The van der Waals surface area contributed by atoms with Gasteiger partial charge < -0.3 is 9.47 Å². The fourth-order valence-corrected chi connectivity index (χ4v) is 2.66. The quantitative estimate of drug-likeness (QED) is 0.116. The Morgan fingerprint density at radius 3 is 2.00 bits per heavy atom. The molecule has 0 aliphatic carbocycles. The van der Waals surface area contributed by atoms with Gasteiger partial charge in [0.1, 0.15) is 0 Å². The molecule has 25 heavy (non-hydrogen) atoms. The van der Waals surface area contributed by atoms with Crippen molar-refractivity contribution in [2.24, 2.45) is 0 Å². The van der Waals surface area contributed by atoms with Gasteiger partial charge in [0, 0.05) is 6.42 Å². The van der Waals surface area contributed by atoms with Gasteiger partial charge in [-0.25, -0.2) is 0 Å². The van der Waals surface area contributed by atoms with E-state index in [0.717, 1.165) is 25.7 Å². The van der Waals surface area contributed by atoms with Crippen molar-refractivity contribution >= 4 is 5.97 Å². The normalized spacial score (nSPS) is 12.6. The van der Waals surface area contributed by atoms with Crippen LogP contribution < -0.4 is 0 Å². The lowest BCUT2D eigenvalue weighted by Crippen LogP contribution is -2.18. The minimum atomic E-state index is -0.409. The average molecular weight is 355 g/mol. The van der Waals surface area contributed by atoms with Crippen molar-refractivity contribution < 1.29 is 14.3 Å². The highest BCUT2D eigenvalue weighted by Crippen LogP contribution is 2.10. The van der Waals surface area contributed by atoms with Crippen molar-refractivity contribution in [1.82, 2.24) is 0 Å². The molecule has 0 heterocycles. The first kappa shape index (κ1) is 24.2. The standard InChI is InChI=1S/C22H42O3/c1-4-6-8-9-10-11-12-13-14-15-16-17-18-19-22(23)25-21(3)24-20-7-5-2/h11-12,21H,4-10,13-20H2,1-3H3. The van der Waals surface area contributed by atoms with Gasteiger partial charge in [-0.15, -0.1) is 0 Å². The van der Waals surface area contributed by atoms with Crippen molar-refractivity contribution in [2.45, 2.75) is 117 Å². The van der Waals surface area contributed by atoms with E-state index in [-0.39, 0.29) is 5.97 Å². The summed E-state index contributed by atoms with van der Waals surface area (Å²) >= 11 is 0. The summed E-state index contributed by atoms with van der Waals surface area (Å²) in [7, 11) is 0. The molecule has 0 amide bonds. The van der Waals surface area contributed by atoms with Crippen LogP contribution in [0.3, 0.4) is 0 Å². The molecule has 0 saturated heterocycles. The molecule has 0 saturated carbocycles. The van der Waals surface area contributed by atoms with Crippen LogP contribution in [0, 0.1) is 0 Å². The van der Waals surface area contributed by atoms with E-state index in [4.69, 9.17) is 9.47 Å². The molecule has 0 N–H and O–H groups in total. The van der Waals surface area contributed by atoms with Crippen LogP contribution in [0.15, 0.2) is 12.2 Å². The molecule has 148 valence electrons. The molecular weight excluding hydrogens is 312 g/mol. The molecule has 0 spiro atoms. The molecule has 0 aromatic rings. The van der Waals surface area contributed by atoms with E-state index in [9.17, 15) is 4.79 Å². The van der Waals surface area contributed by atoms with Gasteiger partial charge in [0.15, 0.2) is 6.29 Å². The second-order valence-corrected chi connectivity index (χ2v) is 6.91. The summed E-state index contributed by atoms with van der Waals surface area (Å²) in [5.74, 6) is -0.130. The smallest absolute Gasteiger partial charge is 0.308 e. The molecule has 0 rings (SSSR count). The lowest BCUT2D eigenvalue weighted by atomic mass is 10.1. The van der Waals surface area contributed by atoms with Crippen LogP contribution in [0.4, 0.5) is 0 Å². The van der Waals surface area contributed by atoms with Gasteiger partial charge in [-0.1, -0.05) is 70.9 Å². The molecule has 1 atom stereocenters. The van der Waals surface area contributed by atoms with Gasteiger partial charge in [0.2, 0.25) is 0 Å². The summed E-state index contributed by atoms with van der Waals surface area (Å²) in [6, 6.07) is 0. The van der Waals surface area contributed by atoms with E-state index in [1.165, 1.54) is 57.8 Å². The van der Waals surface area contributed by atoms with E-state index in [0.29, 0.717) is 13.0 Å². The van der Waals surface area contributed by atoms with Crippen molar-refractivity contribution in [3.63, 3.8) is 0 Å². The Morgan fingerprint density at radius 1 is 0.800 bits per heavy atom. The van der Waals surface area contributed by atoms with Gasteiger partial charge in [-0.2, -0.15) is 0 Å². The number of ether oxygens (including phenoxy) is 2. The minimum absolute atomic E-state index is 0.130. The fourth-order valence-electron chi connectivity index (χ4n) is 2.66. The monoisotopic (exact) mass is 354 g/mol. The number of hydrogen-bond donors (Lipinski definition) is 0. The van der Waals surface area contributed by atoms with E-state index in [2.05, 4.69) is 26.0 Å². The maximum absolute atomic E-state index is 11.7. The second kappa shape index (κ2) is 19.5. The minimum Gasteiger partial charge on any atom is -0.436 e. The predicted molar refractivity (Wildman–Crippen MR) is 107 cm³/mol. The first-order valence-corrected chi connectivity index (χ1v) is 10.7. The van der Waals surface area contributed by atoms with Gasteiger partial charge in [-0.05, 0) is 45.4 Å². The van der Waals surface area contributed by atoms with Crippen LogP contribution in [0.5, 0.6) is 0 Å². The molecule has 0 aliphatic rings. The summed E-state index contributed by atoms with van der Waals surface area (Å²) in [4.78, 5) is 11.7. The Labute approximate surface area is 156 Å². The van der Waals surface area contributed by atoms with Crippen LogP contribution in [-0.4, -0.2) is 18.9 Å². The highest BCUT2D eigenvalue weighted by atomic mass is 16.7. The van der Waals surface area contributed by atoms with Crippen molar-refractivity contribution in [1.29, 1.82) is 0 Å². The van der Waals surface area contributed by atoms with Crippen molar-refractivity contribution in [3.05, 3.63) is 12.2 Å². The summed E-state index contributed by atoms with van der Waals surface area (Å²) in [6.07, 6.45) is 20.5. The largest absolute Gasteiger partial charge is 0.436 e. The molecule has 0 aliphatic heterocycles. The number of allylic oxidation sites excluding steroid dienone is 2. The molecular formula is C22H42O3. The van der Waals surface area contributed by atoms with E-state index >= 15 is 0 Å². The van der Waals surface area contributed by atoms with E-state index < -0.39 is 6.29 Å². The Hall–Kier alpha value is -0.830. The van der Waals surface area contributed by atoms with Crippen LogP contribution in [0.25, 0.3) is 0 Å². The van der Waals surface area contributed by atoms with E-state index in [1.807, 2.05) is 0 Å². The molecule has 0 fully saturated rings. The Morgan fingerprint density at radius 2 is 1.36 bits per heavy atom. The first-order chi connectivity index (χ1) is 12.2. The third-order valence-corrected chi connectivity index (χ3v) is 4.29. The van der Waals surface area contributed by atoms with Crippen LogP contribution in [-0.2, 0) is 14.3 Å². The zero-order chi connectivity index (χ0) is 18.6. The highest BCUT2D eigenvalue weighted by Gasteiger charge is 2.08. The van der Waals surface area contributed by atoms with E-state index in [1.54, 1.807) is 6.92 Å². The Kier molecular flexibility index (Phi) is 18.8. The number of rotatable bonds is 18. The van der Waals surface area contributed by atoms with Gasteiger partial charge in [-0.3, -0.25) is 4.79 Å². The number of unbranched alkanes of at least 4 members (excludes halogenated alkanes) is 10. The lowest BCUT2D eigenvalue weighted by Gasteiger charge is -2.13. The molecule has 0 aromatic heterocycles. The Bertz CT molecular complexity index is 312. The summed E-state index contributed by atoms with van der Waals surface area (Å²) in [5, 5.41) is 0. The fraction of sp³-hybridized carbons (Fsp3) is 0.864. The molecule has 0 radical (unpaired) electrons. The molecule has 1 unspecified atom stereocenters. The molecule has 0 aromatic carbocycles. The highest BCUT2D eigenvalue weighted by molar-refractivity contribution is 5.69. The summed E-state index contributed by atoms with van der Waals surface area (Å²) < 4.78 is 10.7. The van der Waals surface area contributed by atoms with Crippen molar-refractivity contribution in [3.8, 4) is 0 Å². The van der Waals surface area contributed by atoms with Crippen molar-refractivity contribution in [2.75, 3.05) is 6.61 Å². The average Bonchev–Trinajstić information content (AvgIpc) is 2.59. The number of hydrogen-bond acceptors (Lipinski definition) is 3. The topological polar surface area (TPSA) is 35.5 Å². The van der Waals surface area contributed by atoms with Crippen LogP contribution in [0.2, 0.25) is 0 Å². The number of carbonyl (C=O) groups excluding carboxylic acids is 1. The molecule has 3 heteroatoms. The zero-order valence-electron chi connectivity index (χ0n) is 17.1. The van der Waals surface area contributed by atoms with Gasteiger partial charge >= 0.3 is 5.97 Å². The van der Waals surface area contributed by atoms with Crippen LogP contribution in [0.1, 0.15) is 111 Å². The Balaban J connectivity index is 3.31. The number of esters is 1. The third-order valence-electron chi connectivity index (χ3n) is 4.29. The predicted octanol–water partition coefficient (Wildman–Crippen LogP) is 6.95. The summed E-state index contributed by atoms with van der Waals surface area (Å²) in [5.41, 5.74) is 0. The zero-order valence-corrected chi connectivity index (χ0v) is 17.1. The van der Waals surface area contributed by atoms with Gasteiger partial charge in [0.05, 0.1) is 6.61 Å². The van der Waals surface area contributed by atoms with Gasteiger partial charge in [0.25, 0.3) is 0 Å². The second-order valence-electron chi connectivity index (χ2n) is 6.91. The lowest BCUT2D eigenvalue weighted by molar-refractivity contribution is -0.175. The molecule has 0 bridgehead atoms. The van der Waals surface area contributed by atoms with Crippen LogP contribution >= 0.6 is 0 Å². The SMILES string of the molecule is CCCCCCC=CCCCCCCCC(=O)OC(C)OCCCC. The summed E-state index contributed by atoms with van der Waals surface area (Å²) in [6.45, 7) is 6.83. The maximum atomic E-state index is 11.7. The number of carbonyl (C=O) groups is 1. The first-order valence-electron chi connectivity index (χ1n) is 10.7. The third kappa shape index (κ3) is 19.3.